The smallest absolute Gasteiger partial charge is 0.106 e. The molecule has 0 saturated carbocycles. The van der Waals surface area contributed by atoms with Crippen molar-refractivity contribution in [2.75, 3.05) is 0 Å². The van der Waals surface area contributed by atoms with Gasteiger partial charge in [0.15, 0.2) is 0 Å². The van der Waals surface area contributed by atoms with Crippen LogP contribution in [0.15, 0.2) is 28.2 Å². The summed E-state index contributed by atoms with van der Waals surface area (Å²) < 4.78 is 0. The molecule has 0 aromatic rings. The van der Waals surface area contributed by atoms with Crippen molar-refractivity contribution in [2.45, 2.75) is 32.9 Å². The topological polar surface area (TPSA) is 12.4 Å². The largest absolute Gasteiger partial charge is 0.253 e. The Morgan fingerprint density at radius 3 is 2.71 bits per heavy atom. The van der Waals surface area contributed by atoms with E-state index in [9.17, 15) is 0 Å². The highest BCUT2D eigenvalue weighted by Gasteiger charge is 2.12. The van der Waals surface area contributed by atoms with Crippen molar-refractivity contribution in [1.29, 1.82) is 0 Å². The summed E-state index contributed by atoms with van der Waals surface area (Å²) in [4.78, 5) is 4.46. The monoisotopic (exact) mass is 227 g/mol. The summed E-state index contributed by atoms with van der Waals surface area (Å²) in [7, 11) is 3.60. The lowest BCUT2D eigenvalue weighted by atomic mass is 9.95. The molecule has 1 aliphatic heterocycles. The Bertz CT molecular complexity index is 275. The molecule has 0 aromatic carbocycles. The third kappa shape index (κ3) is 4.38. The summed E-state index contributed by atoms with van der Waals surface area (Å²) in [6, 6.07) is 0. The third-order valence-electron chi connectivity index (χ3n) is 1.62. The van der Waals surface area contributed by atoms with E-state index in [-0.39, 0.29) is 5.41 Å². The summed E-state index contributed by atoms with van der Waals surface area (Å²) in [5.74, 6) is 0. The van der Waals surface area contributed by atoms with Gasteiger partial charge in [0.05, 0.1) is 0 Å². The standard InChI is InChI=1S/C11H17NS2/c1-9(2)13-14-10-6-5-7-11(3,4)8-12-10/h5-9H,1-4H3. The predicted molar refractivity (Wildman–Crippen MR) is 69.8 cm³/mol. The second-order valence-electron chi connectivity index (χ2n) is 4.17. The number of allylic oxidation sites excluding steroid dienone is 3. The van der Waals surface area contributed by atoms with Crippen LogP contribution in [-0.4, -0.2) is 11.5 Å². The molecule has 0 amide bonds. The number of hydrogen-bond acceptors (Lipinski definition) is 3. The molecular formula is C11H17NS2. The number of aliphatic imine (C=N–C) groups is 1. The lowest BCUT2D eigenvalue weighted by Crippen LogP contribution is -2.07. The van der Waals surface area contributed by atoms with Crippen LogP contribution in [0, 0.1) is 5.41 Å². The zero-order chi connectivity index (χ0) is 10.6. The van der Waals surface area contributed by atoms with E-state index in [0.717, 1.165) is 5.03 Å². The molecule has 14 heavy (non-hydrogen) atoms. The Morgan fingerprint density at radius 2 is 2.07 bits per heavy atom. The van der Waals surface area contributed by atoms with Crippen LogP contribution in [-0.2, 0) is 0 Å². The lowest BCUT2D eigenvalue weighted by molar-refractivity contribution is 0.695. The molecular weight excluding hydrogens is 210 g/mol. The van der Waals surface area contributed by atoms with Gasteiger partial charge < -0.3 is 0 Å². The summed E-state index contributed by atoms with van der Waals surface area (Å²) in [5, 5.41) is 1.72. The molecule has 0 aliphatic carbocycles. The lowest BCUT2D eigenvalue weighted by Gasteiger charge is -2.11. The van der Waals surface area contributed by atoms with Crippen molar-refractivity contribution in [3.05, 3.63) is 23.3 Å². The average Bonchev–Trinajstić information content (AvgIpc) is 2.23. The molecule has 1 nitrogen and oxygen atoms in total. The third-order valence-corrected chi connectivity index (χ3v) is 4.46. The second-order valence-corrected chi connectivity index (χ2v) is 6.97. The maximum Gasteiger partial charge on any atom is 0.106 e. The van der Waals surface area contributed by atoms with Crippen LogP contribution in [0.5, 0.6) is 0 Å². The van der Waals surface area contributed by atoms with Gasteiger partial charge in [-0.3, -0.25) is 4.99 Å². The Kier molecular flexibility index (Phi) is 4.32. The van der Waals surface area contributed by atoms with E-state index in [0.29, 0.717) is 5.25 Å². The van der Waals surface area contributed by atoms with Crippen LogP contribution in [0.2, 0.25) is 0 Å². The van der Waals surface area contributed by atoms with Crippen LogP contribution in [0.3, 0.4) is 0 Å². The molecule has 1 heterocycles. The highest BCUT2D eigenvalue weighted by atomic mass is 33.1. The molecule has 0 bridgehead atoms. The number of nitrogens with zero attached hydrogens (tertiary/aromatic N) is 1. The van der Waals surface area contributed by atoms with E-state index in [1.54, 1.807) is 10.8 Å². The van der Waals surface area contributed by atoms with Gasteiger partial charge in [-0.25, -0.2) is 0 Å². The van der Waals surface area contributed by atoms with E-state index in [1.807, 2.05) is 17.0 Å². The molecule has 0 atom stereocenters. The van der Waals surface area contributed by atoms with Gasteiger partial charge in [0.1, 0.15) is 5.03 Å². The first-order valence-electron chi connectivity index (χ1n) is 4.78. The quantitative estimate of drug-likeness (QED) is 0.667. The zero-order valence-corrected chi connectivity index (χ0v) is 10.8. The number of rotatable bonds is 3. The minimum absolute atomic E-state index is 0.0846. The Hall–Kier alpha value is -0.150. The maximum absolute atomic E-state index is 4.46. The molecule has 0 N–H and O–H groups in total. The van der Waals surface area contributed by atoms with Gasteiger partial charge in [-0.05, 0) is 16.9 Å². The van der Waals surface area contributed by atoms with E-state index in [2.05, 4.69) is 50.9 Å². The van der Waals surface area contributed by atoms with Gasteiger partial charge in [-0.15, -0.1) is 0 Å². The Labute approximate surface area is 94.5 Å². The first-order valence-corrected chi connectivity index (χ1v) is 6.99. The van der Waals surface area contributed by atoms with Crippen LogP contribution >= 0.6 is 21.6 Å². The fourth-order valence-electron chi connectivity index (χ4n) is 0.889. The fraction of sp³-hybridized carbons (Fsp3) is 0.545. The van der Waals surface area contributed by atoms with Gasteiger partial charge in [-0.2, -0.15) is 0 Å². The summed E-state index contributed by atoms with van der Waals surface area (Å²) in [6.45, 7) is 8.70. The summed E-state index contributed by atoms with van der Waals surface area (Å²) in [5.41, 5.74) is 0.0846. The Morgan fingerprint density at radius 1 is 1.36 bits per heavy atom. The SMILES string of the molecule is CC(C)SSC1=CC=CC(C)(C)C=N1. The van der Waals surface area contributed by atoms with Gasteiger partial charge >= 0.3 is 0 Å². The molecule has 0 saturated heterocycles. The highest BCUT2D eigenvalue weighted by molar-refractivity contribution is 8.78. The van der Waals surface area contributed by atoms with Crippen molar-refractivity contribution in [3.8, 4) is 0 Å². The van der Waals surface area contributed by atoms with E-state index in [4.69, 9.17) is 0 Å². The molecule has 0 spiro atoms. The van der Waals surface area contributed by atoms with E-state index >= 15 is 0 Å². The molecule has 3 heteroatoms. The second kappa shape index (κ2) is 5.08. The van der Waals surface area contributed by atoms with Crippen LogP contribution in [0.25, 0.3) is 0 Å². The molecule has 1 aliphatic rings. The minimum Gasteiger partial charge on any atom is -0.253 e. The van der Waals surface area contributed by atoms with Gasteiger partial charge in [0.25, 0.3) is 0 Å². The van der Waals surface area contributed by atoms with E-state index in [1.165, 1.54) is 0 Å². The molecule has 0 aromatic heterocycles. The average molecular weight is 227 g/mol. The van der Waals surface area contributed by atoms with Crippen LogP contribution in [0.4, 0.5) is 0 Å². The number of hydrogen-bond donors (Lipinski definition) is 0. The van der Waals surface area contributed by atoms with Gasteiger partial charge in [-0.1, -0.05) is 50.6 Å². The first-order chi connectivity index (χ1) is 6.49. The van der Waals surface area contributed by atoms with Crippen molar-refractivity contribution in [3.63, 3.8) is 0 Å². The van der Waals surface area contributed by atoms with Crippen LogP contribution < -0.4 is 0 Å². The normalized spacial score (nSPS) is 19.6. The molecule has 0 radical (unpaired) electrons. The van der Waals surface area contributed by atoms with Crippen LogP contribution in [0.1, 0.15) is 27.7 Å². The minimum atomic E-state index is 0.0846. The van der Waals surface area contributed by atoms with Crippen molar-refractivity contribution < 1.29 is 0 Å². The molecule has 1 rings (SSSR count). The summed E-state index contributed by atoms with van der Waals surface area (Å²) in [6.07, 6.45) is 8.35. The molecule has 0 fully saturated rings. The predicted octanol–water partition coefficient (Wildman–Crippen LogP) is 4.28. The van der Waals surface area contributed by atoms with Gasteiger partial charge in [0.2, 0.25) is 0 Å². The van der Waals surface area contributed by atoms with Crippen molar-refractivity contribution in [2.24, 2.45) is 10.4 Å². The Balaban J connectivity index is 2.57. The van der Waals surface area contributed by atoms with Gasteiger partial charge in [0, 0.05) is 16.9 Å². The van der Waals surface area contributed by atoms with Crippen molar-refractivity contribution in [1.82, 2.24) is 0 Å². The van der Waals surface area contributed by atoms with E-state index < -0.39 is 0 Å². The fourth-order valence-corrected chi connectivity index (χ4v) is 2.58. The van der Waals surface area contributed by atoms with Crippen molar-refractivity contribution >= 4 is 27.8 Å². The maximum atomic E-state index is 4.46. The molecule has 78 valence electrons. The summed E-state index contributed by atoms with van der Waals surface area (Å²) >= 11 is 0. The highest BCUT2D eigenvalue weighted by Crippen LogP contribution is 2.35. The molecule has 0 unspecified atom stereocenters. The first kappa shape index (κ1) is 11.9. The zero-order valence-electron chi connectivity index (χ0n) is 9.15.